The van der Waals surface area contributed by atoms with E-state index in [1.165, 1.54) is 17.7 Å². The maximum absolute atomic E-state index is 15.1. The number of rotatable bonds is 9. The minimum absolute atomic E-state index is 0.316. The average molecular weight is 462 g/mol. The molecule has 0 unspecified atom stereocenters. The molecule has 32 heavy (non-hydrogen) atoms. The van der Waals surface area contributed by atoms with E-state index in [1.807, 2.05) is 16.5 Å². The van der Waals surface area contributed by atoms with Crippen LogP contribution in [0.25, 0.3) is 0 Å². The van der Waals surface area contributed by atoms with Crippen LogP contribution in [0, 0.1) is 17.6 Å². The van der Waals surface area contributed by atoms with Gasteiger partial charge in [-0.05, 0) is 44.1 Å². The van der Waals surface area contributed by atoms with E-state index in [0.717, 1.165) is 32.1 Å². The summed E-state index contributed by atoms with van der Waals surface area (Å²) < 4.78 is 34.4. The Labute approximate surface area is 194 Å². The molecule has 8 heteroatoms. The van der Waals surface area contributed by atoms with Crippen molar-refractivity contribution in [2.45, 2.75) is 69.8 Å². The van der Waals surface area contributed by atoms with E-state index in [9.17, 15) is 0 Å². The van der Waals surface area contributed by atoms with Crippen molar-refractivity contribution >= 4 is 17.6 Å². The lowest BCUT2D eigenvalue weighted by atomic mass is 10.0. The van der Waals surface area contributed by atoms with Crippen molar-refractivity contribution in [1.29, 1.82) is 0 Å². The lowest BCUT2D eigenvalue weighted by molar-refractivity contribution is 0.292. The Morgan fingerprint density at radius 3 is 2.62 bits per heavy atom. The highest BCUT2D eigenvalue weighted by Gasteiger charge is 2.39. The van der Waals surface area contributed by atoms with Crippen molar-refractivity contribution in [2.24, 2.45) is 5.92 Å². The zero-order valence-electron chi connectivity index (χ0n) is 19.2. The molecule has 2 fully saturated rings. The van der Waals surface area contributed by atoms with Crippen molar-refractivity contribution in [3.63, 3.8) is 0 Å². The Kier molecular flexibility index (Phi) is 7.20. The van der Waals surface area contributed by atoms with Crippen LogP contribution in [0.4, 0.5) is 14.5 Å². The molecule has 2 aliphatic rings. The zero-order chi connectivity index (χ0) is 22.8. The first-order valence-corrected chi connectivity index (χ1v) is 12.4. The molecule has 1 aliphatic heterocycles. The van der Waals surface area contributed by atoms with Gasteiger partial charge in [-0.2, -0.15) is 0 Å². The minimum Gasteiger partial charge on any atom is -0.372 e. The predicted octanol–water partition coefficient (Wildman–Crippen LogP) is 5.61. The number of nitrogens with zero attached hydrogens (tertiary/aromatic N) is 5. The van der Waals surface area contributed by atoms with Crippen LogP contribution in [0.3, 0.4) is 0 Å². The van der Waals surface area contributed by atoms with E-state index in [1.54, 1.807) is 24.6 Å². The van der Waals surface area contributed by atoms with Crippen molar-refractivity contribution in [1.82, 2.24) is 19.1 Å². The first-order valence-electron chi connectivity index (χ1n) is 11.5. The largest absolute Gasteiger partial charge is 0.372 e. The quantitative estimate of drug-likeness (QED) is 0.358. The SMILES string of the molecule is C=C(CC)[C@@H]1CC[C@H](CC)N(Cc2cc(F)c(N(C)C[C@H]3C[C@@H]3n3cnnc3)cc2F)S1. The summed E-state index contributed by atoms with van der Waals surface area (Å²) in [6, 6.07) is 3.46. The third-order valence-corrected chi connectivity index (χ3v) is 8.40. The second kappa shape index (κ2) is 9.91. The molecule has 4 rings (SSSR count). The molecule has 4 atom stereocenters. The predicted molar refractivity (Wildman–Crippen MR) is 126 cm³/mol. The van der Waals surface area contributed by atoms with E-state index in [0.29, 0.717) is 47.6 Å². The number of aromatic nitrogens is 3. The highest BCUT2D eigenvalue weighted by molar-refractivity contribution is 7.97. The summed E-state index contributed by atoms with van der Waals surface area (Å²) in [5.74, 6) is -0.321. The fourth-order valence-corrected chi connectivity index (χ4v) is 6.18. The zero-order valence-corrected chi connectivity index (χ0v) is 20.0. The summed E-state index contributed by atoms with van der Waals surface area (Å²) in [4.78, 5) is 1.82. The van der Waals surface area contributed by atoms with Crippen LogP contribution in [0.15, 0.2) is 36.9 Å². The molecule has 1 saturated carbocycles. The highest BCUT2D eigenvalue weighted by atomic mass is 32.2. The molecular weight excluding hydrogens is 428 g/mol. The number of benzene rings is 1. The smallest absolute Gasteiger partial charge is 0.147 e. The van der Waals surface area contributed by atoms with Gasteiger partial charge in [-0.1, -0.05) is 37.9 Å². The summed E-state index contributed by atoms with van der Waals surface area (Å²) in [6.45, 7) is 9.56. The Morgan fingerprint density at radius 2 is 1.94 bits per heavy atom. The minimum atomic E-state index is -0.366. The standard InChI is InChI=1S/C24H33F2N5S/c1-5-16(3)24-8-7-19(6-2)31(32-24)13-17-9-21(26)23(11-20(17)25)29(4)12-18-10-22(18)30-14-27-28-15-30/h9,11,14-15,18-19,22,24H,3,5-8,10,12-13H2,1-2,4H3/t18-,19+,22+,24+/m1/s1. The lowest BCUT2D eigenvalue weighted by Crippen LogP contribution is -2.36. The van der Waals surface area contributed by atoms with Gasteiger partial charge >= 0.3 is 0 Å². The molecule has 2 heterocycles. The molecule has 0 N–H and O–H groups in total. The summed E-state index contributed by atoms with van der Waals surface area (Å²) >= 11 is 1.75. The third-order valence-electron chi connectivity index (χ3n) is 6.88. The third kappa shape index (κ3) is 5.01. The van der Waals surface area contributed by atoms with Crippen molar-refractivity contribution in [2.75, 3.05) is 18.5 Å². The molecule has 2 aromatic rings. The van der Waals surface area contributed by atoms with Crippen LogP contribution in [0.1, 0.15) is 57.6 Å². The van der Waals surface area contributed by atoms with E-state index >= 15 is 8.78 Å². The van der Waals surface area contributed by atoms with E-state index in [2.05, 4.69) is 34.9 Å². The molecule has 0 amide bonds. The van der Waals surface area contributed by atoms with Crippen LogP contribution in [0.2, 0.25) is 0 Å². The number of hydrogen-bond donors (Lipinski definition) is 0. The first-order chi connectivity index (χ1) is 15.4. The average Bonchev–Trinajstić information content (AvgIpc) is 3.32. The molecule has 1 aliphatic carbocycles. The first kappa shape index (κ1) is 23.2. The number of hydrogen-bond acceptors (Lipinski definition) is 5. The summed E-state index contributed by atoms with van der Waals surface area (Å²) in [6.07, 6.45) is 8.53. The number of halogens is 2. The van der Waals surface area contributed by atoms with Gasteiger partial charge in [-0.15, -0.1) is 10.2 Å². The molecule has 1 saturated heterocycles. The second-order valence-electron chi connectivity index (χ2n) is 9.07. The second-order valence-corrected chi connectivity index (χ2v) is 10.3. The number of anilines is 1. The van der Waals surface area contributed by atoms with Crippen molar-refractivity contribution in [3.8, 4) is 0 Å². The topological polar surface area (TPSA) is 37.2 Å². The fraction of sp³-hybridized carbons (Fsp3) is 0.583. The maximum atomic E-state index is 15.1. The molecule has 0 radical (unpaired) electrons. The molecular formula is C24H33F2N5S. The van der Waals surface area contributed by atoms with Gasteiger partial charge in [-0.3, -0.25) is 0 Å². The monoisotopic (exact) mass is 461 g/mol. The van der Waals surface area contributed by atoms with Crippen LogP contribution in [-0.4, -0.2) is 44.0 Å². The van der Waals surface area contributed by atoms with Gasteiger partial charge in [0.15, 0.2) is 0 Å². The fourth-order valence-electron chi connectivity index (χ4n) is 4.65. The van der Waals surface area contributed by atoms with Gasteiger partial charge in [0.2, 0.25) is 0 Å². The molecule has 0 bridgehead atoms. The lowest BCUT2D eigenvalue weighted by Gasteiger charge is -2.39. The van der Waals surface area contributed by atoms with Gasteiger partial charge in [0, 0.05) is 49.1 Å². The normalized spacial score (nSPS) is 25.7. The van der Waals surface area contributed by atoms with E-state index < -0.39 is 0 Å². The highest BCUT2D eigenvalue weighted by Crippen LogP contribution is 2.44. The molecule has 174 valence electrons. The van der Waals surface area contributed by atoms with E-state index in [-0.39, 0.29) is 11.6 Å². The van der Waals surface area contributed by atoms with Gasteiger partial charge in [0.1, 0.15) is 24.3 Å². The van der Waals surface area contributed by atoms with Crippen LogP contribution < -0.4 is 4.90 Å². The molecule has 0 spiro atoms. The molecule has 1 aromatic heterocycles. The summed E-state index contributed by atoms with van der Waals surface area (Å²) in [7, 11) is 1.83. The summed E-state index contributed by atoms with van der Waals surface area (Å²) in [5.41, 5.74) is 1.96. The van der Waals surface area contributed by atoms with Gasteiger partial charge in [0.25, 0.3) is 0 Å². The molecule has 1 aromatic carbocycles. The Bertz CT molecular complexity index is 935. The Balaban J connectivity index is 1.43. The van der Waals surface area contributed by atoms with E-state index in [4.69, 9.17) is 0 Å². The Hall–Kier alpha value is -1.93. The van der Waals surface area contributed by atoms with Gasteiger partial charge in [-0.25, -0.2) is 13.1 Å². The van der Waals surface area contributed by atoms with Crippen LogP contribution >= 0.6 is 11.9 Å². The maximum Gasteiger partial charge on any atom is 0.147 e. The summed E-state index contributed by atoms with van der Waals surface area (Å²) in [5, 5.41) is 8.06. The van der Waals surface area contributed by atoms with Crippen LogP contribution in [0.5, 0.6) is 0 Å². The molecule has 5 nitrogen and oxygen atoms in total. The van der Waals surface area contributed by atoms with Gasteiger partial charge in [0.05, 0.1) is 5.69 Å². The van der Waals surface area contributed by atoms with Crippen molar-refractivity contribution < 1.29 is 8.78 Å². The van der Waals surface area contributed by atoms with Crippen molar-refractivity contribution in [3.05, 3.63) is 54.1 Å². The Morgan fingerprint density at radius 1 is 1.19 bits per heavy atom. The van der Waals surface area contributed by atoms with Crippen LogP contribution in [-0.2, 0) is 6.54 Å². The van der Waals surface area contributed by atoms with Gasteiger partial charge < -0.3 is 9.47 Å².